The Labute approximate surface area is 99.7 Å². The van der Waals surface area contributed by atoms with Gasteiger partial charge in [-0.3, -0.25) is 0 Å². The van der Waals surface area contributed by atoms with E-state index in [-0.39, 0.29) is 5.97 Å². The number of carbonyl (C=O) groups excluding carboxylic acids is 1. The highest BCUT2D eigenvalue weighted by atomic mass is 79.9. The van der Waals surface area contributed by atoms with Crippen LogP contribution in [0.1, 0.15) is 4.88 Å². The van der Waals surface area contributed by atoms with Crippen LogP contribution in [-0.2, 0) is 9.53 Å². The van der Waals surface area contributed by atoms with Crippen LogP contribution in [0.25, 0.3) is 5.57 Å². The normalized spacial score (nSPS) is 11.5. The standard InChI is InChI=1S/C9H8BrClO2S/c1-13-9(12)4-6(5-10)7-2-3-8(11)14-7/h2-4H,5H2,1H3/b6-4+. The van der Waals surface area contributed by atoms with Crippen LogP contribution in [0.3, 0.4) is 0 Å². The lowest BCUT2D eigenvalue weighted by atomic mass is 10.2. The van der Waals surface area contributed by atoms with Gasteiger partial charge in [-0.15, -0.1) is 11.3 Å². The molecule has 0 amide bonds. The Hall–Kier alpha value is -0.320. The number of alkyl halides is 1. The van der Waals surface area contributed by atoms with Crippen molar-refractivity contribution in [2.45, 2.75) is 0 Å². The van der Waals surface area contributed by atoms with Gasteiger partial charge in [0.1, 0.15) is 0 Å². The number of methoxy groups -OCH3 is 1. The first-order valence-corrected chi connectivity index (χ1v) is 6.09. The summed E-state index contributed by atoms with van der Waals surface area (Å²) in [7, 11) is 1.35. The summed E-state index contributed by atoms with van der Waals surface area (Å²) in [6.45, 7) is 0. The van der Waals surface area contributed by atoms with E-state index in [4.69, 9.17) is 11.6 Å². The Bertz CT molecular complexity index is 359. The number of esters is 1. The molecule has 0 fully saturated rings. The molecule has 0 spiro atoms. The van der Waals surface area contributed by atoms with Crippen LogP contribution in [0.5, 0.6) is 0 Å². The summed E-state index contributed by atoms with van der Waals surface area (Å²) in [6, 6.07) is 3.68. The van der Waals surface area contributed by atoms with Gasteiger partial charge in [0.2, 0.25) is 0 Å². The third kappa shape index (κ3) is 3.12. The molecule has 2 nitrogen and oxygen atoms in total. The number of allylic oxidation sites excluding steroid dienone is 1. The average Bonchev–Trinajstić information content (AvgIpc) is 2.60. The molecule has 0 saturated carbocycles. The predicted molar refractivity (Wildman–Crippen MR) is 63.1 cm³/mol. The molecule has 0 aliphatic heterocycles. The molecule has 0 aliphatic rings. The van der Waals surface area contributed by atoms with Crippen molar-refractivity contribution in [1.29, 1.82) is 0 Å². The lowest BCUT2D eigenvalue weighted by Gasteiger charge is -1.98. The van der Waals surface area contributed by atoms with E-state index in [0.29, 0.717) is 9.67 Å². The number of thiophene rings is 1. The van der Waals surface area contributed by atoms with E-state index in [1.54, 1.807) is 6.07 Å². The van der Waals surface area contributed by atoms with Crippen LogP contribution in [-0.4, -0.2) is 18.4 Å². The summed E-state index contributed by atoms with van der Waals surface area (Å²) >= 11 is 10.5. The molecule has 0 bridgehead atoms. The first-order valence-electron chi connectivity index (χ1n) is 3.77. The van der Waals surface area contributed by atoms with Gasteiger partial charge in [-0.05, 0) is 17.7 Å². The average molecular weight is 296 g/mol. The molecule has 1 rings (SSSR count). The highest BCUT2D eigenvalue weighted by Gasteiger charge is 2.06. The zero-order valence-corrected chi connectivity index (χ0v) is 10.6. The minimum Gasteiger partial charge on any atom is -0.466 e. The van der Waals surface area contributed by atoms with Crippen LogP contribution < -0.4 is 0 Å². The summed E-state index contributed by atoms with van der Waals surface area (Å²) in [5.41, 5.74) is 0.869. The SMILES string of the molecule is COC(=O)/C=C(\CBr)c1ccc(Cl)s1. The minimum absolute atomic E-state index is 0.357. The van der Waals surface area contributed by atoms with Gasteiger partial charge in [-0.1, -0.05) is 27.5 Å². The maximum Gasteiger partial charge on any atom is 0.330 e. The van der Waals surface area contributed by atoms with Gasteiger partial charge in [0.25, 0.3) is 0 Å². The van der Waals surface area contributed by atoms with E-state index in [1.807, 2.05) is 6.07 Å². The fourth-order valence-corrected chi connectivity index (χ4v) is 2.57. The van der Waals surface area contributed by atoms with E-state index in [9.17, 15) is 4.79 Å². The molecule has 5 heteroatoms. The Morgan fingerprint density at radius 3 is 2.86 bits per heavy atom. The van der Waals surface area contributed by atoms with E-state index in [0.717, 1.165) is 10.5 Å². The maximum atomic E-state index is 11.0. The Morgan fingerprint density at radius 1 is 1.71 bits per heavy atom. The van der Waals surface area contributed by atoms with Crippen molar-refractivity contribution in [3.8, 4) is 0 Å². The molecule has 0 saturated heterocycles. The van der Waals surface area contributed by atoms with Gasteiger partial charge in [0, 0.05) is 16.3 Å². The summed E-state index contributed by atoms with van der Waals surface area (Å²) in [4.78, 5) is 12.0. The summed E-state index contributed by atoms with van der Waals surface area (Å²) in [5.74, 6) is -0.357. The third-order valence-electron chi connectivity index (χ3n) is 1.53. The lowest BCUT2D eigenvalue weighted by molar-refractivity contribution is -0.134. The minimum atomic E-state index is -0.357. The van der Waals surface area contributed by atoms with Crippen molar-refractivity contribution in [2.75, 3.05) is 12.4 Å². The smallest absolute Gasteiger partial charge is 0.330 e. The molecule has 0 atom stereocenters. The molecule has 0 N–H and O–H groups in total. The molecule has 1 aromatic heterocycles. The van der Waals surface area contributed by atoms with Crippen LogP contribution in [0.2, 0.25) is 4.34 Å². The molecule has 0 unspecified atom stereocenters. The topological polar surface area (TPSA) is 26.3 Å². The number of hydrogen-bond acceptors (Lipinski definition) is 3. The van der Waals surface area contributed by atoms with Gasteiger partial charge >= 0.3 is 5.97 Å². The highest BCUT2D eigenvalue weighted by Crippen LogP contribution is 2.28. The number of halogens is 2. The second kappa shape index (κ2) is 5.53. The van der Waals surface area contributed by atoms with Crippen LogP contribution in [0, 0.1) is 0 Å². The first-order chi connectivity index (χ1) is 6.67. The quantitative estimate of drug-likeness (QED) is 0.485. The predicted octanol–water partition coefficient (Wildman–Crippen LogP) is 3.35. The van der Waals surface area contributed by atoms with Gasteiger partial charge in [0.15, 0.2) is 0 Å². The van der Waals surface area contributed by atoms with E-state index in [1.165, 1.54) is 24.5 Å². The van der Waals surface area contributed by atoms with E-state index in [2.05, 4.69) is 20.7 Å². The summed E-state index contributed by atoms with van der Waals surface area (Å²) in [6.07, 6.45) is 1.46. The largest absolute Gasteiger partial charge is 0.466 e. The number of carbonyl (C=O) groups is 1. The number of rotatable bonds is 3. The Morgan fingerprint density at radius 2 is 2.43 bits per heavy atom. The van der Waals surface area contributed by atoms with Gasteiger partial charge in [-0.25, -0.2) is 4.79 Å². The number of hydrogen-bond donors (Lipinski definition) is 0. The Balaban J connectivity index is 2.92. The first kappa shape index (κ1) is 11.8. The second-order valence-corrected chi connectivity index (χ2v) is 4.71. The molecular weight excluding hydrogens is 288 g/mol. The fraction of sp³-hybridized carbons (Fsp3) is 0.222. The van der Waals surface area contributed by atoms with Gasteiger partial charge in [-0.2, -0.15) is 0 Å². The third-order valence-corrected chi connectivity index (χ3v) is 3.44. The molecule has 1 heterocycles. The van der Waals surface area contributed by atoms with E-state index >= 15 is 0 Å². The molecule has 0 aliphatic carbocycles. The fourth-order valence-electron chi connectivity index (χ4n) is 0.864. The molecule has 0 aromatic carbocycles. The van der Waals surface area contributed by atoms with E-state index < -0.39 is 0 Å². The second-order valence-electron chi connectivity index (χ2n) is 2.43. The molecule has 1 aromatic rings. The van der Waals surface area contributed by atoms with Crippen LogP contribution in [0.15, 0.2) is 18.2 Å². The molecule has 0 radical (unpaired) electrons. The van der Waals surface area contributed by atoms with Crippen LogP contribution in [0.4, 0.5) is 0 Å². The zero-order valence-electron chi connectivity index (χ0n) is 7.42. The lowest BCUT2D eigenvalue weighted by Crippen LogP contribution is -1.96. The Kier molecular flexibility index (Phi) is 4.65. The van der Waals surface area contributed by atoms with Crippen molar-refractivity contribution < 1.29 is 9.53 Å². The monoisotopic (exact) mass is 294 g/mol. The van der Waals surface area contributed by atoms with Crippen molar-refractivity contribution >= 4 is 50.4 Å². The number of ether oxygens (including phenoxy) is 1. The zero-order chi connectivity index (χ0) is 10.6. The maximum absolute atomic E-state index is 11.0. The molecule has 14 heavy (non-hydrogen) atoms. The van der Waals surface area contributed by atoms with Crippen molar-refractivity contribution in [3.05, 3.63) is 27.4 Å². The highest BCUT2D eigenvalue weighted by molar-refractivity contribution is 9.09. The summed E-state index contributed by atoms with van der Waals surface area (Å²) < 4.78 is 5.25. The molecular formula is C9H8BrClO2S. The van der Waals surface area contributed by atoms with Crippen LogP contribution >= 0.6 is 38.9 Å². The van der Waals surface area contributed by atoms with Gasteiger partial charge in [0.05, 0.1) is 11.4 Å². The summed E-state index contributed by atoms with van der Waals surface area (Å²) in [5, 5.41) is 0.596. The molecule has 76 valence electrons. The van der Waals surface area contributed by atoms with Crippen molar-refractivity contribution in [2.24, 2.45) is 0 Å². The van der Waals surface area contributed by atoms with Crippen molar-refractivity contribution in [3.63, 3.8) is 0 Å². The van der Waals surface area contributed by atoms with Gasteiger partial charge < -0.3 is 4.74 Å². The van der Waals surface area contributed by atoms with Crippen molar-refractivity contribution in [1.82, 2.24) is 0 Å².